The number of carbonyl (C=O) groups excluding carboxylic acids is 1. The van der Waals surface area contributed by atoms with Gasteiger partial charge in [-0.2, -0.15) is 0 Å². The van der Waals surface area contributed by atoms with E-state index in [0.717, 1.165) is 13.1 Å². The summed E-state index contributed by atoms with van der Waals surface area (Å²) in [5, 5.41) is 9.19. The van der Waals surface area contributed by atoms with Crippen molar-refractivity contribution < 1.29 is 14.7 Å². The largest absolute Gasteiger partial charge is 0.477 e. The second-order valence-electron chi connectivity index (χ2n) is 5.22. The number of likely N-dealkylation sites (tertiary alicyclic amines) is 1. The van der Waals surface area contributed by atoms with E-state index < -0.39 is 5.97 Å². The molecule has 2 heterocycles. The first kappa shape index (κ1) is 13.8. The van der Waals surface area contributed by atoms with E-state index in [1.54, 1.807) is 10.8 Å². The van der Waals surface area contributed by atoms with E-state index in [-0.39, 0.29) is 17.5 Å². The van der Waals surface area contributed by atoms with Gasteiger partial charge in [0, 0.05) is 24.3 Å². The molecule has 0 spiro atoms. The van der Waals surface area contributed by atoms with Gasteiger partial charge in [0.25, 0.3) is 0 Å². The summed E-state index contributed by atoms with van der Waals surface area (Å²) in [7, 11) is 0. The topological polar surface area (TPSA) is 62.5 Å². The van der Waals surface area contributed by atoms with Crippen LogP contribution in [0.5, 0.6) is 0 Å². The van der Waals surface area contributed by atoms with Crippen LogP contribution in [0.15, 0.2) is 12.3 Å². The molecule has 1 fully saturated rings. The molecule has 1 saturated heterocycles. The zero-order chi connectivity index (χ0) is 14.0. The minimum absolute atomic E-state index is 0.102. The molecule has 0 aliphatic carbocycles. The zero-order valence-electron chi connectivity index (χ0n) is 11.4. The maximum absolute atomic E-state index is 11.4. The van der Waals surface area contributed by atoms with Crippen LogP contribution in [-0.2, 0) is 6.54 Å². The maximum atomic E-state index is 11.4. The molecule has 1 atom stereocenters. The molecule has 1 aliphatic rings. The Morgan fingerprint density at radius 1 is 1.37 bits per heavy atom. The third-order valence-electron chi connectivity index (χ3n) is 3.75. The number of aromatic carboxylic acids is 1. The van der Waals surface area contributed by atoms with E-state index >= 15 is 0 Å². The van der Waals surface area contributed by atoms with E-state index in [1.165, 1.54) is 25.8 Å². The molecule has 104 valence electrons. The van der Waals surface area contributed by atoms with Crippen LogP contribution in [-0.4, -0.2) is 45.5 Å². The van der Waals surface area contributed by atoms with Crippen molar-refractivity contribution in [1.82, 2.24) is 9.47 Å². The number of carboxylic acid groups (broad SMARTS) is 1. The first-order chi connectivity index (χ1) is 8.99. The molecule has 0 aromatic carbocycles. The fourth-order valence-corrected chi connectivity index (χ4v) is 2.62. The van der Waals surface area contributed by atoms with Crippen molar-refractivity contribution in [3.63, 3.8) is 0 Å². The number of Topliss-reactive ketones (excluding diaryl/α,β-unsaturated/α-hetero) is 1. The van der Waals surface area contributed by atoms with Crippen LogP contribution in [0.1, 0.15) is 47.5 Å². The number of hydrogen-bond acceptors (Lipinski definition) is 3. The zero-order valence-corrected chi connectivity index (χ0v) is 11.4. The third-order valence-corrected chi connectivity index (χ3v) is 3.75. The van der Waals surface area contributed by atoms with Crippen molar-refractivity contribution >= 4 is 11.8 Å². The van der Waals surface area contributed by atoms with Gasteiger partial charge in [-0.15, -0.1) is 0 Å². The van der Waals surface area contributed by atoms with Crippen LogP contribution in [0.25, 0.3) is 0 Å². The van der Waals surface area contributed by atoms with Crippen molar-refractivity contribution in [2.24, 2.45) is 0 Å². The smallest absolute Gasteiger partial charge is 0.352 e. The molecule has 0 saturated carbocycles. The van der Waals surface area contributed by atoms with Gasteiger partial charge in [0.1, 0.15) is 5.69 Å². The lowest BCUT2D eigenvalue weighted by atomic mass is 10.2. The summed E-state index contributed by atoms with van der Waals surface area (Å²) in [6.07, 6.45) is 4.07. The molecule has 1 N–H and O–H groups in total. The highest BCUT2D eigenvalue weighted by atomic mass is 16.4. The third kappa shape index (κ3) is 3.04. The van der Waals surface area contributed by atoms with Gasteiger partial charge in [0.15, 0.2) is 5.78 Å². The summed E-state index contributed by atoms with van der Waals surface area (Å²) in [5.41, 5.74) is 0.655. The van der Waals surface area contributed by atoms with Crippen molar-refractivity contribution in [3.8, 4) is 0 Å². The number of aromatic nitrogens is 1. The Labute approximate surface area is 112 Å². The summed E-state index contributed by atoms with van der Waals surface area (Å²) in [4.78, 5) is 24.9. The summed E-state index contributed by atoms with van der Waals surface area (Å²) in [5.74, 6) is -1.09. The maximum Gasteiger partial charge on any atom is 0.352 e. The van der Waals surface area contributed by atoms with E-state index in [0.29, 0.717) is 12.1 Å². The predicted octanol–water partition coefficient (Wildman–Crippen LogP) is 1.87. The number of rotatable bonds is 5. The second kappa shape index (κ2) is 5.57. The highest BCUT2D eigenvalue weighted by molar-refractivity contribution is 5.97. The number of nitrogens with zero attached hydrogens (tertiary/aromatic N) is 2. The van der Waals surface area contributed by atoms with Gasteiger partial charge in [-0.1, -0.05) is 0 Å². The molecular formula is C14H20N2O3. The van der Waals surface area contributed by atoms with Crippen molar-refractivity contribution in [2.45, 2.75) is 39.3 Å². The highest BCUT2D eigenvalue weighted by Crippen LogP contribution is 2.16. The first-order valence-corrected chi connectivity index (χ1v) is 6.67. The van der Waals surface area contributed by atoms with E-state index in [9.17, 15) is 14.7 Å². The van der Waals surface area contributed by atoms with Crippen LogP contribution in [0.3, 0.4) is 0 Å². The molecule has 5 heteroatoms. The van der Waals surface area contributed by atoms with Gasteiger partial charge in [0.05, 0.1) is 0 Å². The summed E-state index contributed by atoms with van der Waals surface area (Å²) >= 11 is 0. The Bertz CT molecular complexity index is 487. The number of hydrogen-bond donors (Lipinski definition) is 1. The normalized spacial score (nSPS) is 17.6. The van der Waals surface area contributed by atoms with Gasteiger partial charge in [-0.05, 0) is 45.8 Å². The molecule has 1 aliphatic heterocycles. The van der Waals surface area contributed by atoms with Gasteiger partial charge in [-0.3, -0.25) is 9.69 Å². The number of carbonyl (C=O) groups is 2. The monoisotopic (exact) mass is 264 g/mol. The molecular weight excluding hydrogens is 244 g/mol. The second-order valence-corrected chi connectivity index (χ2v) is 5.22. The highest BCUT2D eigenvalue weighted by Gasteiger charge is 2.21. The molecule has 0 bridgehead atoms. The fraction of sp³-hybridized carbons (Fsp3) is 0.571. The molecule has 0 radical (unpaired) electrons. The van der Waals surface area contributed by atoms with Gasteiger partial charge >= 0.3 is 5.97 Å². The van der Waals surface area contributed by atoms with Crippen LogP contribution >= 0.6 is 0 Å². The quantitative estimate of drug-likeness (QED) is 0.825. The summed E-state index contributed by atoms with van der Waals surface area (Å²) in [6.45, 7) is 6.31. The van der Waals surface area contributed by atoms with Crippen molar-refractivity contribution in [1.29, 1.82) is 0 Å². The Morgan fingerprint density at radius 3 is 2.53 bits per heavy atom. The van der Waals surface area contributed by atoms with E-state index in [4.69, 9.17) is 0 Å². The molecule has 1 unspecified atom stereocenters. The Balaban J connectivity index is 2.18. The average Bonchev–Trinajstić information content (AvgIpc) is 2.97. The van der Waals surface area contributed by atoms with Gasteiger partial charge in [-0.25, -0.2) is 4.79 Å². The number of carboxylic acids is 1. The van der Waals surface area contributed by atoms with Crippen LogP contribution < -0.4 is 0 Å². The fourth-order valence-electron chi connectivity index (χ4n) is 2.62. The molecule has 5 nitrogen and oxygen atoms in total. The minimum atomic E-state index is -0.985. The molecule has 1 aromatic heterocycles. The lowest BCUT2D eigenvalue weighted by Crippen LogP contribution is -2.34. The Kier molecular flexibility index (Phi) is 4.04. The average molecular weight is 264 g/mol. The van der Waals surface area contributed by atoms with Crippen molar-refractivity contribution in [2.75, 3.05) is 13.1 Å². The lowest BCUT2D eigenvalue weighted by Gasteiger charge is -2.24. The van der Waals surface area contributed by atoms with Gasteiger partial charge < -0.3 is 9.67 Å². The molecule has 19 heavy (non-hydrogen) atoms. The number of ketones is 1. The molecule has 1 aromatic rings. The standard InChI is InChI=1S/C14H20N2O3/c1-10(15-5-3-4-6-15)8-16-9-12(11(2)17)7-13(16)14(18)19/h7,9-10H,3-6,8H2,1-2H3,(H,18,19). The van der Waals surface area contributed by atoms with Crippen LogP contribution in [0, 0.1) is 0 Å². The Morgan fingerprint density at radius 2 is 2.00 bits per heavy atom. The van der Waals surface area contributed by atoms with Gasteiger partial charge in [0.2, 0.25) is 0 Å². The minimum Gasteiger partial charge on any atom is -0.477 e. The lowest BCUT2D eigenvalue weighted by molar-refractivity contribution is 0.0683. The van der Waals surface area contributed by atoms with Crippen LogP contribution in [0.2, 0.25) is 0 Å². The SMILES string of the molecule is CC(=O)c1cc(C(=O)O)n(CC(C)N2CCCC2)c1. The summed E-state index contributed by atoms with van der Waals surface area (Å²) in [6, 6.07) is 1.74. The van der Waals surface area contributed by atoms with E-state index in [1.807, 2.05) is 0 Å². The first-order valence-electron chi connectivity index (χ1n) is 6.67. The van der Waals surface area contributed by atoms with Crippen molar-refractivity contribution in [3.05, 3.63) is 23.5 Å². The summed E-state index contributed by atoms with van der Waals surface area (Å²) < 4.78 is 1.68. The van der Waals surface area contributed by atoms with E-state index in [2.05, 4.69) is 11.8 Å². The van der Waals surface area contributed by atoms with Crippen LogP contribution in [0.4, 0.5) is 0 Å². The molecule has 2 rings (SSSR count). The Hall–Kier alpha value is -1.62. The predicted molar refractivity (Wildman–Crippen MR) is 71.7 cm³/mol. The molecule has 0 amide bonds.